The summed E-state index contributed by atoms with van der Waals surface area (Å²) in [6, 6.07) is 3.84. The second kappa shape index (κ2) is 7.15. The van der Waals surface area contributed by atoms with Gasteiger partial charge in [-0.05, 0) is 56.0 Å². The zero-order valence-electron chi connectivity index (χ0n) is 12.0. The largest absolute Gasteiger partial charge is 0.316 e. The summed E-state index contributed by atoms with van der Waals surface area (Å²) in [4.78, 5) is 3.96. The number of nitrogens with one attached hydrogen (secondary N) is 1. The van der Waals surface area contributed by atoms with Crippen LogP contribution in [-0.4, -0.2) is 50.1 Å². The van der Waals surface area contributed by atoms with Gasteiger partial charge in [0.15, 0.2) is 0 Å². The molecule has 2 rings (SSSR count). The number of aromatic nitrogens is 1. The van der Waals surface area contributed by atoms with Crippen LogP contribution in [0.2, 0.25) is 0 Å². The number of hydrogen-bond acceptors (Lipinski definition) is 4. The van der Waals surface area contributed by atoms with E-state index in [9.17, 15) is 8.42 Å². The van der Waals surface area contributed by atoms with Gasteiger partial charge in [-0.3, -0.25) is 4.98 Å². The van der Waals surface area contributed by atoms with E-state index in [1.165, 1.54) is 4.31 Å². The highest BCUT2D eigenvalue weighted by Crippen LogP contribution is 2.14. The molecule has 1 aliphatic rings. The minimum Gasteiger partial charge on any atom is -0.316 e. The molecule has 0 bridgehead atoms. The molecule has 0 aliphatic carbocycles. The first kappa shape index (κ1) is 15.4. The standard InChI is InChI=1S/C14H23N3O2S/c1-17(10-6-13-4-8-15-9-5-13)20(18,19)12-14-3-2-7-16-11-14/h4-5,8-9,14,16H,2-3,6-7,10-12H2,1H3. The topological polar surface area (TPSA) is 62.3 Å². The summed E-state index contributed by atoms with van der Waals surface area (Å²) in [6.07, 6.45) is 6.27. The van der Waals surface area contributed by atoms with Crippen molar-refractivity contribution in [3.05, 3.63) is 30.1 Å². The average molecular weight is 297 g/mol. The SMILES string of the molecule is CN(CCc1ccncc1)S(=O)(=O)CC1CCCNC1. The van der Waals surface area contributed by atoms with E-state index in [2.05, 4.69) is 10.3 Å². The summed E-state index contributed by atoms with van der Waals surface area (Å²) in [6.45, 7) is 2.35. The molecule has 5 nitrogen and oxygen atoms in total. The fourth-order valence-corrected chi connectivity index (χ4v) is 3.97. The van der Waals surface area contributed by atoms with Crippen LogP contribution in [0.4, 0.5) is 0 Å². The lowest BCUT2D eigenvalue weighted by molar-refractivity contribution is 0.392. The Morgan fingerprint density at radius 2 is 2.15 bits per heavy atom. The van der Waals surface area contributed by atoms with Crippen LogP contribution in [-0.2, 0) is 16.4 Å². The zero-order chi connectivity index (χ0) is 14.4. The molecule has 2 heterocycles. The smallest absolute Gasteiger partial charge is 0.214 e. The van der Waals surface area contributed by atoms with E-state index >= 15 is 0 Å². The Hall–Kier alpha value is -0.980. The Bertz CT molecular complexity index is 498. The van der Waals surface area contributed by atoms with E-state index in [1.54, 1.807) is 19.4 Å². The zero-order valence-corrected chi connectivity index (χ0v) is 12.8. The summed E-state index contributed by atoms with van der Waals surface area (Å²) < 4.78 is 26.1. The molecule has 0 aromatic carbocycles. The predicted molar refractivity (Wildman–Crippen MR) is 80.0 cm³/mol. The number of pyridine rings is 1. The lowest BCUT2D eigenvalue weighted by Gasteiger charge is -2.25. The van der Waals surface area contributed by atoms with E-state index in [0.717, 1.165) is 37.9 Å². The number of piperidine rings is 1. The van der Waals surface area contributed by atoms with Crippen LogP contribution < -0.4 is 5.32 Å². The third-order valence-electron chi connectivity index (χ3n) is 3.78. The van der Waals surface area contributed by atoms with Crippen molar-refractivity contribution in [2.24, 2.45) is 5.92 Å². The summed E-state index contributed by atoms with van der Waals surface area (Å²) >= 11 is 0. The monoisotopic (exact) mass is 297 g/mol. The van der Waals surface area contributed by atoms with Crippen molar-refractivity contribution in [1.29, 1.82) is 0 Å². The molecule has 1 aromatic heterocycles. The number of likely N-dealkylation sites (N-methyl/N-ethyl adjacent to an activating group) is 1. The highest BCUT2D eigenvalue weighted by molar-refractivity contribution is 7.89. The molecular formula is C14H23N3O2S. The van der Waals surface area contributed by atoms with Gasteiger partial charge in [0.1, 0.15) is 0 Å². The maximum atomic E-state index is 12.3. The molecule has 1 N–H and O–H groups in total. The Labute approximate surface area is 121 Å². The molecule has 0 saturated carbocycles. The Morgan fingerprint density at radius 1 is 1.40 bits per heavy atom. The van der Waals surface area contributed by atoms with Crippen LogP contribution in [0.3, 0.4) is 0 Å². The van der Waals surface area contributed by atoms with Gasteiger partial charge >= 0.3 is 0 Å². The van der Waals surface area contributed by atoms with E-state index in [0.29, 0.717) is 6.54 Å². The van der Waals surface area contributed by atoms with Crippen molar-refractivity contribution in [3.63, 3.8) is 0 Å². The Balaban J connectivity index is 1.85. The van der Waals surface area contributed by atoms with Crippen LogP contribution in [0.15, 0.2) is 24.5 Å². The summed E-state index contributed by atoms with van der Waals surface area (Å²) in [5, 5.41) is 3.26. The van der Waals surface area contributed by atoms with Crippen LogP contribution in [0, 0.1) is 5.92 Å². The van der Waals surface area contributed by atoms with Crippen molar-refractivity contribution in [1.82, 2.24) is 14.6 Å². The first-order valence-corrected chi connectivity index (χ1v) is 8.72. The molecule has 1 unspecified atom stereocenters. The van der Waals surface area contributed by atoms with Gasteiger partial charge in [-0.2, -0.15) is 0 Å². The minimum atomic E-state index is -3.15. The summed E-state index contributed by atoms with van der Waals surface area (Å²) in [7, 11) is -1.48. The van der Waals surface area contributed by atoms with E-state index in [1.807, 2.05) is 12.1 Å². The molecule has 6 heteroatoms. The molecule has 1 saturated heterocycles. The highest BCUT2D eigenvalue weighted by Gasteiger charge is 2.24. The van der Waals surface area contributed by atoms with E-state index < -0.39 is 10.0 Å². The number of rotatable bonds is 6. The second-order valence-electron chi connectivity index (χ2n) is 5.42. The van der Waals surface area contributed by atoms with E-state index in [-0.39, 0.29) is 11.7 Å². The van der Waals surface area contributed by atoms with Gasteiger partial charge in [0, 0.05) is 26.0 Å². The molecule has 20 heavy (non-hydrogen) atoms. The number of sulfonamides is 1. The first-order valence-electron chi connectivity index (χ1n) is 7.11. The number of hydrogen-bond donors (Lipinski definition) is 1. The molecule has 0 amide bonds. The van der Waals surface area contributed by atoms with Gasteiger partial charge in [-0.1, -0.05) is 0 Å². The fraction of sp³-hybridized carbons (Fsp3) is 0.643. The molecule has 1 aliphatic heterocycles. The van der Waals surface area contributed by atoms with Gasteiger partial charge in [-0.25, -0.2) is 12.7 Å². The average Bonchev–Trinajstić information content (AvgIpc) is 2.46. The lowest BCUT2D eigenvalue weighted by Crippen LogP contribution is -2.39. The minimum absolute atomic E-state index is 0.247. The Kier molecular flexibility index (Phi) is 5.51. The predicted octanol–water partition coefficient (Wildman–Crippen LogP) is 0.885. The molecule has 112 valence electrons. The summed E-state index contributed by atoms with van der Waals surface area (Å²) in [5.41, 5.74) is 1.11. The van der Waals surface area contributed by atoms with Gasteiger partial charge in [0.25, 0.3) is 0 Å². The van der Waals surface area contributed by atoms with Crippen molar-refractivity contribution in [2.45, 2.75) is 19.3 Å². The quantitative estimate of drug-likeness (QED) is 0.847. The van der Waals surface area contributed by atoms with Crippen LogP contribution in [0.1, 0.15) is 18.4 Å². The maximum absolute atomic E-state index is 12.3. The van der Waals surface area contributed by atoms with Gasteiger partial charge in [0.05, 0.1) is 5.75 Å². The molecular weight excluding hydrogens is 274 g/mol. The van der Waals surface area contributed by atoms with Crippen molar-refractivity contribution < 1.29 is 8.42 Å². The van der Waals surface area contributed by atoms with Crippen LogP contribution in [0.5, 0.6) is 0 Å². The second-order valence-corrected chi connectivity index (χ2v) is 7.54. The van der Waals surface area contributed by atoms with Crippen LogP contribution in [0.25, 0.3) is 0 Å². The maximum Gasteiger partial charge on any atom is 0.214 e. The lowest BCUT2D eigenvalue weighted by atomic mass is 10.0. The third kappa shape index (κ3) is 4.54. The number of nitrogens with zero attached hydrogens (tertiary/aromatic N) is 2. The normalized spacial score (nSPS) is 20.2. The third-order valence-corrected chi connectivity index (χ3v) is 5.81. The highest BCUT2D eigenvalue weighted by atomic mass is 32.2. The van der Waals surface area contributed by atoms with Crippen molar-refractivity contribution in [2.75, 3.05) is 32.4 Å². The van der Waals surface area contributed by atoms with Gasteiger partial charge in [-0.15, -0.1) is 0 Å². The van der Waals surface area contributed by atoms with Gasteiger partial charge < -0.3 is 5.32 Å². The first-order chi connectivity index (χ1) is 9.58. The molecule has 0 spiro atoms. The molecule has 1 fully saturated rings. The molecule has 1 aromatic rings. The molecule has 1 atom stereocenters. The summed E-state index contributed by atoms with van der Waals surface area (Å²) in [5.74, 6) is 0.504. The van der Waals surface area contributed by atoms with Crippen molar-refractivity contribution in [3.8, 4) is 0 Å². The fourth-order valence-electron chi connectivity index (χ4n) is 2.47. The van der Waals surface area contributed by atoms with Crippen LogP contribution >= 0.6 is 0 Å². The van der Waals surface area contributed by atoms with Gasteiger partial charge in [0.2, 0.25) is 10.0 Å². The molecule has 0 radical (unpaired) electrons. The Morgan fingerprint density at radius 3 is 2.80 bits per heavy atom. The van der Waals surface area contributed by atoms with Crippen molar-refractivity contribution >= 4 is 10.0 Å². The van der Waals surface area contributed by atoms with E-state index in [4.69, 9.17) is 0 Å².